The second-order valence-corrected chi connectivity index (χ2v) is 8.27. The van der Waals surface area contributed by atoms with Gasteiger partial charge in [-0.3, -0.25) is 9.69 Å². The number of aliphatic carboxylic acids is 2. The highest BCUT2D eigenvalue weighted by molar-refractivity contribution is 6.27. The number of benzene rings is 1. The van der Waals surface area contributed by atoms with Gasteiger partial charge in [0.15, 0.2) is 0 Å². The summed E-state index contributed by atoms with van der Waals surface area (Å²) in [6, 6.07) is 8.12. The lowest BCUT2D eigenvalue weighted by molar-refractivity contribution is -0.159. The van der Waals surface area contributed by atoms with E-state index in [1.54, 1.807) is 7.11 Å². The van der Waals surface area contributed by atoms with Gasteiger partial charge in [-0.1, -0.05) is 19.9 Å². The van der Waals surface area contributed by atoms with Crippen molar-refractivity contribution in [2.45, 2.75) is 39.2 Å². The zero-order valence-corrected chi connectivity index (χ0v) is 17.9. The third-order valence-electron chi connectivity index (χ3n) is 5.66. The summed E-state index contributed by atoms with van der Waals surface area (Å²) in [6.07, 6.45) is 3.54. The highest BCUT2D eigenvalue weighted by Gasteiger charge is 2.31. The van der Waals surface area contributed by atoms with E-state index in [0.717, 1.165) is 49.1 Å². The third-order valence-corrected chi connectivity index (χ3v) is 5.66. The van der Waals surface area contributed by atoms with Crippen LogP contribution < -0.4 is 4.74 Å². The molecular weight excluding hydrogens is 388 g/mol. The van der Waals surface area contributed by atoms with E-state index in [0.29, 0.717) is 6.04 Å². The van der Waals surface area contributed by atoms with Gasteiger partial charge in [0.1, 0.15) is 5.75 Å². The van der Waals surface area contributed by atoms with Crippen LogP contribution in [0, 0.1) is 11.8 Å². The predicted octanol–water partition coefficient (Wildman–Crippen LogP) is 2.43. The summed E-state index contributed by atoms with van der Waals surface area (Å²) >= 11 is 0. The molecule has 2 saturated heterocycles. The van der Waals surface area contributed by atoms with Gasteiger partial charge in [0.2, 0.25) is 0 Å². The summed E-state index contributed by atoms with van der Waals surface area (Å²) < 4.78 is 5.23. The van der Waals surface area contributed by atoms with Gasteiger partial charge in [-0.05, 0) is 49.3 Å². The van der Waals surface area contributed by atoms with Crippen LogP contribution in [0.3, 0.4) is 0 Å². The molecule has 166 valence electrons. The minimum Gasteiger partial charge on any atom is -0.497 e. The Bertz CT molecular complexity index is 723. The van der Waals surface area contributed by atoms with Gasteiger partial charge in [0.05, 0.1) is 7.11 Å². The Hall–Kier alpha value is -2.61. The fourth-order valence-electron chi connectivity index (χ4n) is 4.38. The smallest absolute Gasteiger partial charge is 0.414 e. The maximum Gasteiger partial charge on any atom is 0.414 e. The summed E-state index contributed by atoms with van der Waals surface area (Å²) in [5, 5.41) is 14.8. The Kier molecular flexibility index (Phi) is 8.65. The molecule has 2 unspecified atom stereocenters. The summed E-state index contributed by atoms with van der Waals surface area (Å²) in [5.74, 6) is -1.18. The van der Waals surface area contributed by atoms with Crippen molar-refractivity contribution in [3.63, 3.8) is 0 Å². The average molecular weight is 421 g/mol. The number of methoxy groups -OCH3 is 1. The van der Waals surface area contributed by atoms with Crippen LogP contribution in [0.2, 0.25) is 0 Å². The van der Waals surface area contributed by atoms with Crippen molar-refractivity contribution in [1.82, 2.24) is 9.80 Å². The molecule has 2 fully saturated rings. The second kappa shape index (κ2) is 11.0. The standard InChI is InChI=1S/C20H30N2O2.C2H2O4/c1-15-11-16(2)14-22(13-15)18-7-9-21(10-8-18)20(23)17-5-4-6-19(12-17)24-3;3-1(4)2(5)6/h4-6,12,15-16,18H,7-11,13-14H2,1-3H3;(H,3,4)(H,5,6). The van der Waals surface area contributed by atoms with E-state index in [1.165, 1.54) is 19.5 Å². The van der Waals surface area contributed by atoms with Crippen LogP contribution in [-0.4, -0.2) is 77.2 Å². The van der Waals surface area contributed by atoms with Crippen molar-refractivity contribution < 1.29 is 29.3 Å². The molecule has 2 atom stereocenters. The lowest BCUT2D eigenvalue weighted by Crippen LogP contribution is -2.50. The molecule has 8 heteroatoms. The lowest BCUT2D eigenvalue weighted by Gasteiger charge is -2.43. The number of rotatable bonds is 3. The molecule has 30 heavy (non-hydrogen) atoms. The largest absolute Gasteiger partial charge is 0.497 e. The maximum absolute atomic E-state index is 12.7. The number of hydrogen-bond donors (Lipinski definition) is 2. The van der Waals surface area contributed by atoms with E-state index in [1.807, 2.05) is 29.2 Å². The number of carbonyl (C=O) groups excluding carboxylic acids is 1. The van der Waals surface area contributed by atoms with Gasteiger partial charge >= 0.3 is 11.9 Å². The SMILES string of the molecule is COc1cccc(C(=O)N2CCC(N3CC(C)CC(C)C3)CC2)c1.O=C(O)C(=O)O. The first-order valence-corrected chi connectivity index (χ1v) is 10.3. The molecule has 0 spiro atoms. The average Bonchev–Trinajstić information content (AvgIpc) is 2.73. The van der Waals surface area contributed by atoms with Crippen molar-refractivity contribution >= 4 is 17.8 Å². The van der Waals surface area contributed by atoms with Gasteiger partial charge in [-0.2, -0.15) is 0 Å². The Balaban J connectivity index is 0.000000469. The zero-order chi connectivity index (χ0) is 22.3. The molecule has 8 nitrogen and oxygen atoms in total. The zero-order valence-electron chi connectivity index (χ0n) is 17.9. The third kappa shape index (κ3) is 6.73. The second-order valence-electron chi connectivity index (χ2n) is 8.27. The quantitative estimate of drug-likeness (QED) is 0.723. The predicted molar refractivity (Wildman–Crippen MR) is 112 cm³/mol. The Labute approximate surface area is 177 Å². The van der Waals surface area contributed by atoms with Crippen molar-refractivity contribution in [3.05, 3.63) is 29.8 Å². The number of nitrogens with zero attached hydrogens (tertiary/aromatic N) is 2. The lowest BCUT2D eigenvalue weighted by atomic mass is 9.89. The van der Waals surface area contributed by atoms with E-state index >= 15 is 0 Å². The van der Waals surface area contributed by atoms with E-state index in [-0.39, 0.29) is 5.91 Å². The minimum absolute atomic E-state index is 0.132. The Morgan fingerprint density at radius 3 is 2.07 bits per heavy atom. The summed E-state index contributed by atoms with van der Waals surface area (Å²) in [6.45, 7) is 8.89. The number of piperidine rings is 2. The van der Waals surface area contributed by atoms with Crippen LogP contribution in [0.1, 0.15) is 43.5 Å². The first kappa shape index (κ1) is 23.7. The first-order chi connectivity index (χ1) is 14.2. The van der Waals surface area contributed by atoms with Gasteiger partial charge in [0, 0.05) is 37.8 Å². The van der Waals surface area contributed by atoms with Crippen LogP contribution in [-0.2, 0) is 9.59 Å². The molecule has 0 radical (unpaired) electrons. The highest BCUT2D eigenvalue weighted by Crippen LogP contribution is 2.27. The molecule has 1 aromatic rings. The molecule has 2 heterocycles. The summed E-state index contributed by atoms with van der Waals surface area (Å²) in [7, 11) is 1.63. The number of carboxylic acid groups (broad SMARTS) is 2. The van der Waals surface area contributed by atoms with Crippen LogP contribution in [0.5, 0.6) is 5.75 Å². The van der Waals surface area contributed by atoms with E-state index in [2.05, 4.69) is 18.7 Å². The molecule has 0 aliphatic carbocycles. The molecule has 1 aromatic carbocycles. The molecule has 0 bridgehead atoms. The molecule has 0 aromatic heterocycles. The molecule has 1 amide bonds. The van der Waals surface area contributed by atoms with Crippen LogP contribution >= 0.6 is 0 Å². The number of carboxylic acids is 2. The van der Waals surface area contributed by atoms with Gasteiger partial charge in [-0.15, -0.1) is 0 Å². The summed E-state index contributed by atoms with van der Waals surface area (Å²) in [5.41, 5.74) is 0.730. The van der Waals surface area contributed by atoms with Crippen molar-refractivity contribution in [2.24, 2.45) is 11.8 Å². The number of ether oxygens (including phenoxy) is 1. The van der Waals surface area contributed by atoms with E-state index in [4.69, 9.17) is 24.5 Å². The number of likely N-dealkylation sites (tertiary alicyclic amines) is 2. The maximum atomic E-state index is 12.7. The molecule has 2 aliphatic rings. The van der Waals surface area contributed by atoms with Crippen molar-refractivity contribution in [3.8, 4) is 5.75 Å². The topological polar surface area (TPSA) is 107 Å². The fraction of sp³-hybridized carbons (Fsp3) is 0.591. The van der Waals surface area contributed by atoms with Gasteiger partial charge < -0.3 is 19.8 Å². The molecule has 0 saturated carbocycles. The van der Waals surface area contributed by atoms with Crippen molar-refractivity contribution in [1.29, 1.82) is 0 Å². The molecule has 3 rings (SSSR count). The number of hydrogen-bond acceptors (Lipinski definition) is 5. The monoisotopic (exact) mass is 420 g/mol. The molecule has 2 aliphatic heterocycles. The fourth-order valence-corrected chi connectivity index (χ4v) is 4.38. The molecule has 2 N–H and O–H groups in total. The Morgan fingerprint density at radius 1 is 1.00 bits per heavy atom. The number of carbonyl (C=O) groups is 3. The van der Waals surface area contributed by atoms with Crippen LogP contribution in [0.25, 0.3) is 0 Å². The Morgan fingerprint density at radius 2 is 1.57 bits per heavy atom. The van der Waals surface area contributed by atoms with Crippen molar-refractivity contribution in [2.75, 3.05) is 33.3 Å². The first-order valence-electron chi connectivity index (χ1n) is 10.3. The highest BCUT2D eigenvalue weighted by atomic mass is 16.5. The van der Waals surface area contributed by atoms with E-state index in [9.17, 15) is 4.79 Å². The van der Waals surface area contributed by atoms with Crippen LogP contribution in [0.15, 0.2) is 24.3 Å². The molecular formula is C22H32N2O6. The summed E-state index contributed by atoms with van der Waals surface area (Å²) in [4.78, 5) is 35.6. The van der Waals surface area contributed by atoms with Crippen LogP contribution in [0.4, 0.5) is 0 Å². The van der Waals surface area contributed by atoms with Gasteiger partial charge in [-0.25, -0.2) is 9.59 Å². The minimum atomic E-state index is -1.82. The number of amides is 1. The normalized spacial score (nSPS) is 22.6. The van der Waals surface area contributed by atoms with E-state index < -0.39 is 11.9 Å². The van der Waals surface area contributed by atoms with Gasteiger partial charge in [0.25, 0.3) is 5.91 Å².